The number of nitrogens with zero attached hydrogens (tertiary/aromatic N) is 2. The van der Waals surface area contributed by atoms with Crippen LogP contribution in [0.1, 0.15) is 12.8 Å². The van der Waals surface area contributed by atoms with E-state index in [0.717, 1.165) is 6.42 Å². The maximum Gasteiger partial charge on any atom is 0.239 e. The van der Waals surface area contributed by atoms with Crippen LogP contribution in [0.2, 0.25) is 0 Å². The van der Waals surface area contributed by atoms with Crippen molar-refractivity contribution in [2.75, 3.05) is 47.9 Å². The normalized spacial score (nSPS) is 11.0. The average Bonchev–Trinajstić information content (AvgIpc) is 3.05. The highest BCUT2D eigenvalue weighted by atomic mass is 32.2. The molecule has 0 radical (unpaired) electrons. The van der Waals surface area contributed by atoms with Crippen LogP contribution in [0, 0.1) is 5.82 Å². The summed E-state index contributed by atoms with van der Waals surface area (Å²) in [5, 5.41) is 1.60. The third-order valence-electron chi connectivity index (χ3n) is 6.86. The number of halogens is 1. The molecule has 0 saturated heterocycles. The van der Waals surface area contributed by atoms with Gasteiger partial charge < -0.3 is 32.8 Å². The van der Waals surface area contributed by atoms with Crippen molar-refractivity contribution in [3.63, 3.8) is 0 Å². The van der Waals surface area contributed by atoms with Gasteiger partial charge in [-0.25, -0.2) is 14.4 Å². The molecule has 44 heavy (non-hydrogen) atoms. The lowest BCUT2D eigenvalue weighted by atomic mass is 10.1. The first-order valence-electron chi connectivity index (χ1n) is 13.6. The van der Waals surface area contributed by atoms with Gasteiger partial charge in [0.2, 0.25) is 16.9 Å². The van der Waals surface area contributed by atoms with E-state index < -0.39 is 5.43 Å². The van der Waals surface area contributed by atoms with Crippen LogP contribution in [0.5, 0.6) is 34.5 Å². The zero-order valence-corrected chi connectivity index (χ0v) is 25.7. The van der Waals surface area contributed by atoms with Crippen LogP contribution in [0.15, 0.2) is 63.0 Å². The molecule has 2 aromatic heterocycles. The SMILES string of the molecule is COc1cc(OC)c2c(=O)c(OCCCCSc3ncnc4ccc(F)cc34)c(-c3cc(OC)c(OC)c(OC)c3)oc2c1. The molecule has 5 aromatic rings. The van der Waals surface area contributed by atoms with Gasteiger partial charge in [0.25, 0.3) is 0 Å². The molecule has 0 aliphatic heterocycles. The number of thioether (sulfide) groups is 1. The molecule has 3 aromatic carbocycles. The highest BCUT2D eigenvalue weighted by molar-refractivity contribution is 7.99. The van der Waals surface area contributed by atoms with Crippen molar-refractivity contribution >= 4 is 33.6 Å². The zero-order valence-electron chi connectivity index (χ0n) is 24.9. The molecule has 0 unspecified atom stereocenters. The fourth-order valence-corrected chi connectivity index (χ4v) is 5.71. The van der Waals surface area contributed by atoms with Crippen LogP contribution in [0.4, 0.5) is 4.39 Å². The minimum Gasteiger partial charge on any atom is -0.496 e. The van der Waals surface area contributed by atoms with E-state index in [2.05, 4.69) is 9.97 Å². The van der Waals surface area contributed by atoms with Gasteiger partial charge in [-0.15, -0.1) is 11.8 Å². The molecule has 0 fully saturated rings. The summed E-state index contributed by atoms with van der Waals surface area (Å²) in [4.78, 5) is 22.5. The third kappa shape index (κ3) is 6.16. The van der Waals surface area contributed by atoms with Gasteiger partial charge in [-0.05, 0) is 48.9 Å². The molecule has 2 heterocycles. The maximum atomic E-state index is 13.9. The Morgan fingerprint density at radius 2 is 1.57 bits per heavy atom. The Morgan fingerprint density at radius 3 is 2.25 bits per heavy atom. The molecule has 10 nitrogen and oxygen atoms in total. The number of unbranched alkanes of at least 4 members (excludes halogenated alkanes) is 1. The van der Waals surface area contributed by atoms with Gasteiger partial charge in [0.15, 0.2) is 17.3 Å². The van der Waals surface area contributed by atoms with Gasteiger partial charge in [-0.2, -0.15) is 0 Å². The van der Waals surface area contributed by atoms with E-state index in [9.17, 15) is 9.18 Å². The molecular formula is C32H31FN2O8S. The van der Waals surface area contributed by atoms with Gasteiger partial charge in [-0.3, -0.25) is 4.79 Å². The Labute approximate surface area is 257 Å². The van der Waals surface area contributed by atoms with Gasteiger partial charge in [0.1, 0.15) is 39.6 Å². The summed E-state index contributed by atoms with van der Waals surface area (Å²) in [6.07, 6.45) is 2.83. The predicted molar refractivity (Wildman–Crippen MR) is 166 cm³/mol. The summed E-state index contributed by atoms with van der Waals surface area (Å²) in [5.74, 6) is 2.46. The van der Waals surface area contributed by atoms with Crippen molar-refractivity contribution in [1.82, 2.24) is 9.97 Å². The highest BCUT2D eigenvalue weighted by Gasteiger charge is 2.24. The molecule has 0 spiro atoms. The van der Waals surface area contributed by atoms with Crippen LogP contribution >= 0.6 is 11.8 Å². The molecule has 0 aliphatic carbocycles. The number of hydrogen-bond donors (Lipinski definition) is 0. The minimum atomic E-state index is -0.404. The van der Waals surface area contributed by atoms with E-state index in [4.69, 9.17) is 32.8 Å². The quantitative estimate of drug-likeness (QED) is 0.0811. The highest BCUT2D eigenvalue weighted by Crippen LogP contribution is 2.44. The first-order valence-corrected chi connectivity index (χ1v) is 14.6. The number of aromatic nitrogens is 2. The number of methoxy groups -OCH3 is 5. The van der Waals surface area contributed by atoms with Crippen LogP contribution < -0.4 is 33.8 Å². The molecule has 0 bridgehead atoms. The van der Waals surface area contributed by atoms with Crippen LogP contribution in [0.3, 0.4) is 0 Å². The molecule has 5 rings (SSSR count). The summed E-state index contributed by atoms with van der Waals surface area (Å²) >= 11 is 1.51. The van der Waals surface area contributed by atoms with E-state index in [1.165, 1.54) is 65.8 Å². The summed E-state index contributed by atoms with van der Waals surface area (Å²) < 4.78 is 53.7. The van der Waals surface area contributed by atoms with Gasteiger partial charge >= 0.3 is 0 Å². The van der Waals surface area contributed by atoms with Crippen molar-refractivity contribution in [3.05, 3.63) is 64.8 Å². The van der Waals surface area contributed by atoms with Crippen molar-refractivity contribution in [1.29, 1.82) is 0 Å². The lowest BCUT2D eigenvalue weighted by molar-refractivity contribution is 0.301. The zero-order chi connectivity index (χ0) is 31.2. The Morgan fingerprint density at radius 1 is 0.818 bits per heavy atom. The second-order valence-electron chi connectivity index (χ2n) is 9.45. The minimum absolute atomic E-state index is 0.0140. The Hall–Kier alpha value is -4.71. The maximum absolute atomic E-state index is 13.9. The van der Waals surface area contributed by atoms with Gasteiger partial charge in [-0.1, -0.05) is 0 Å². The summed E-state index contributed by atoms with van der Waals surface area (Å²) in [6, 6.07) is 11.0. The van der Waals surface area contributed by atoms with Crippen molar-refractivity contribution < 1.29 is 37.2 Å². The number of benzene rings is 3. The molecule has 0 aliphatic rings. The molecule has 0 N–H and O–H groups in total. The van der Waals surface area contributed by atoms with Crippen LogP contribution in [0.25, 0.3) is 33.2 Å². The van der Waals surface area contributed by atoms with Crippen LogP contribution in [-0.2, 0) is 0 Å². The van der Waals surface area contributed by atoms with Crippen molar-refractivity contribution in [3.8, 4) is 45.8 Å². The standard InChI is InChI=1S/C32H31FN2O8S/c1-37-20-15-23(38-2)27-24(16-20)43-29(18-12-25(39-3)30(41-5)26(13-18)40-4)31(28(27)36)42-10-6-7-11-44-32-21-14-19(33)8-9-22(21)34-17-35-32/h8-9,12-17H,6-7,10-11H2,1-5H3. The second-order valence-corrected chi connectivity index (χ2v) is 10.5. The topological polar surface area (TPSA) is 111 Å². The van der Waals surface area contributed by atoms with Gasteiger partial charge in [0.05, 0.1) is 47.7 Å². The number of fused-ring (bicyclic) bond motifs is 2. The van der Waals surface area contributed by atoms with E-state index in [1.54, 1.807) is 30.3 Å². The number of hydrogen-bond acceptors (Lipinski definition) is 11. The molecule has 0 saturated carbocycles. The molecule has 230 valence electrons. The van der Waals surface area contributed by atoms with E-state index in [-0.39, 0.29) is 34.9 Å². The second kappa shape index (κ2) is 13.7. The summed E-state index contributed by atoms with van der Waals surface area (Å²) in [7, 11) is 7.49. The predicted octanol–water partition coefficient (Wildman–Crippen LogP) is 6.54. The molecule has 12 heteroatoms. The average molecular weight is 623 g/mol. The molecule has 0 amide bonds. The van der Waals surface area contributed by atoms with E-state index in [0.29, 0.717) is 62.4 Å². The van der Waals surface area contributed by atoms with E-state index in [1.807, 2.05) is 0 Å². The van der Waals surface area contributed by atoms with Crippen LogP contribution in [-0.4, -0.2) is 57.9 Å². The largest absolute Gasteiger partial charge is 0.496 e. The molecule has 0 atom stereocenters. The Bertz CT molecular complexity index is 1840. The van der Waals surface area contributed by atoms with Gasteiger partial charge in [0, 0.05) is 23.1 Å². The summed E-state index contributed by atoms with van der Waals surface area (Å²) in [6.45, 7) is 0.228. The summed E-state index contributed by atoms with van der Waals surface area (Å²) in [5.41, 5.74) is 1.02. The van der Waals surface area contributed by atoms with Crippen molar-refractivity contribution in [2.45, 2.75) is 17.9 Å². The first kappa shape index (κ1) is 30.7. The number of ether oxygens (including phenoxy) is 6. The smallest absolute Gasteiger partial charge is 0.239 e. The monoisotopic (exact) mass is 622 g/mol. The lowest BCUT2D eigenvalue weighted by Crippen LogP contribution is -2.12. The fourth-order valence-electron chi connectivity index (χ4n) is 4.72. The number of rotatable bonds is 13. The Balaban J connectivity index is 1.44. The molecular weight excluding hydrogens is 591 g/mol. The Kier molecular flexibility index (Phi) is 9.59. The fraction of sp³-hybridized carbons (Fsp3) is 0.281. The van der Waals surface area contributed by atoms with E-state index >= 15 is 0 Å². The first-order chi connectivity index (χ1) is 21.4. The van der Waals surface area contributed by atoms with Crippen molar-refractivity contribution in [2.24, 2.45) is 0 Å². The lowest BCUT2D eigenvalue weighted by Gasteiger charge is -2.17. The third-order valence-corrected chi connectivity index (χ3v) is 7.95.